The first-order valence-electron chi connectivity index (χ1n) is 6.49. The smallest absolute Gasteiger partial charge is 0.252 e. The van der Waals surface area contributed by atoms with Gasteiger partial charge in [0.25, 0.3) is 10.0 Å². The predicted octanol–water partition coefficient (Wildman–Crippen LogP) is 3.73. The first-order valence-corrected chi connectivity index (χ1v) is 9.92. The molecule has 4 nitrogen and oxygen atoms in total. The molecule has 0 bridgehead atoms. The lowest BCUT2D eigenvalue weighted by molar-refractivity contribution is 0.252. The fourth-order valence-corrected chi connectivity index (χ4v) is 5.78. The third kappa shape index (κ3) is 4.96. The van der Waals surface area contributed by atoms with Gasteiger partial charge in [0.15, 0.2) is 0 Å². The highest BCUT2D eigenvalue weighted by Crippen LogP contribution is 2.35. The highest BCUT2D eigenvalue weighted by atomic mass is 79.9. The van der Waals surface area contributed by atoms with Crippen molar-refractivity contribution in [2.24, 2.45) is 0 Å². The maximum atomic E-state index is 12.5. The molecule has 20 heavy (non-hydrogen) atoms. The minimum atomic E-state index is -3.57. The molecule has 0 spiro atoms. The van der Waals surface area contributed by atoms with Crippen LogP contribution in [0.4, 0.5) is 0 Å². The average molecular weight is 405 g/mol. The second-order valence-corrected chi connectivity index (χ2v) is 9.32. The van der Waals surface area contributed by atoms with Crippen molar-refractivity contribution in [3.8, 4) is 0 Å². The van der Waals surface area contributed by atoms with Crippen molar-refractivity contribution in [1.29, 1.82) is 0 Å². The molecule has 0 radical (unpaired) electrons. The van der Waals surface area contributed by atoms with E-state index in [1.807, 2.05) is 0 Å². The zero-order chi connectivity index (χ0) is 15.2. The van der Waals surface area contributed by atoms with Crippen molar-refractivity contribution in [1.82, 2.24) is 4.31 Å². The van der Waals surface area contributed by atoms with Gasteiger partial charge < -0.3 is 5.11 Å². The van der Waals surface area contributed by atoms with E-state index in [1.54, 1.807) is 0 Å². The van der Waals surface area contributed by atoms with Gasteiger partial charge in [-0.2, -0.15) is 4.31 Å². The summed E-state index contributed by atoms with van der Waals surface area (Å²) in [4.78, 5) is 0. The van der Waals surface area contributed by atoms with Gasteiger partial charge in [-0.3, -0.25) is 0 Å². The van der Waals surface area contributed by atoms with Crippen LogP contribution in [-0.2, 0) is 10.0 Å². The number of aliphatic hydroxyl groups is 1. The molecular formula is C12H19BrClNO3S2. The van der Waals surface area contributed by atoms with E-state index in [0.29, 0.717) is 15.4 Å². The van der Waals surface area contributed by atoms with E-state index in [1.165, 1.54) is 10.4 Å². The molecule has 1 heterocycles. The number of aliphatic hydroxyl groups excluding tert-OH is 1. The maximum absolute atomic E-state index is 12.5. The molecule has 116 valence electrons. The van der Waals surface area contributed by atoms with Crippen LogP contribution in [0.5, 0.6) is 0 Å². The summed E-state index contributed by atoms with van der Waals surface area (Å²) in [5.41, 5.74) is 0. The maximum Gasteiger partial charge on any atom is 0.252 e. The molecule has 1 rings (SSSR count). The zero-order valence-corrected chi connectivity index (χ0v) is 15.3. The summed E-state index contributed by atoms with van der Waals surface area (Å²) in [5.74, 6) is 0. The van der Waals surface area contributed by atoms with Crippen LogP contribution < -0.4 is 0 Å². The molecule has 1 aromatic rings. The number of unbranched alkanes of at least 4 members (excludes halogenated alkanes) is 3. The van der Waals surface area contributed by atoms with Gasteiger partial charge in [0.2, 0.25) is 0 Å². The molecular weight excluding hydrogens is 386 g/mol. The van der Waals surface area contributed by atoms with Crippen molar-refractivity contribution in [2.45, 2.75) is 36.8 Å². The topological polar surface area (TPSA) is 57.6 Å². The molecule has 1 N–H and O–H groups in total. The molecule has 0 saturated heterocycles. The third-order valence-corrected chi connectivity index (χ3v) is 7.65. The number of hydrogen-bond donors (Lipinski definition) is 1. The quantitative estimate of drug-likeness (QED) is 0.638. The van der Waals surface area contributed by atoms with Gasteiger partial charge in [-0.1, -0.05) is 37.8 Å². The lowest BCUT2D eigenvalue weighted by Gasteiger charge is -2.20. The lowest BCUT2D eigenvalue weighted by atomic mass is 10.2. The molecule has 0 aliphatic carbocycles. The van der Waals surface area contributed by atoms with Crippen molar-refractivity contribution >= 4 is 48.9 Å². The number of nitrogens with zero attached hydrogens (tertiary/aromatic N) is 1. The first-order chi connectivity index (χ1) is 9.43. The Morgan fingerprint density at radius 1 is 1.35 bits per heavy atom. The summed E-state index contributed by atoms with van der Waals surface area (Å²) < 4.78 is 27.1. The van der Waals surface area contributed by atoms with Crippen LogP contribution >= 0.6 is 38.9 Å². The summed E-state index contributed by atoms with van der Waals surface area (Å²) in [6.45, 7) is 2.46. The second kappa shape index (κ2) is 8.70. The number of thiophene rings is 1. The van der Waals surface area contributed by atoms with Crippen LogP contribution in [0.25, 0.3) is 0 Å². The summed E-state index contributed by atoms with van der Waals surface area (Å²) in [5, 5.41) is 9.46. The van der Waals surface area contributed by atoms with E-state index in [0.717, 1.165) is 37.0 Å². The summed E-state index contributed by atoms with van der Waals surface area (Å²) >= 11 is 10.2. The van der Waals surface area contributed by atoms with Crippen molar-refractivity contribution < 1.29 is 13.5 Å². The molecule has 0 aliphatic heterocycles. The SMILES string of the molecule is CCCCCCN(CCO)S(=O)(=O)c1cc(Cl)c(Br)s1. The standard InChI is InChI=1S/C12H19BrClNO3S2/c1-2-3-4-5-6-15(7-8-16)20(17,18)11-9-10(14)12(13)19-11/h9,16H,2-8H2,1H3. The van der Waals surface area contributed by atoms with E-state index in [-0.39, 0.29) is 17.4 Å². The first kappa shape index (κ1) is 18.4. The molecule has 0 amide bonds. The van der Waals surface area contributed by atoms with Gasteiger partial charge in [-0.15, -0.1) is 11.3 Å². The molecule has 1 aromatic heterocycles. The predicted molar refractivity (Wildman–Crippen MR) is 87.0 cm³/mol. The third-order valence-electron chi connectivity index (χ3n) is 2.83. The number of rotatable bonds is 9. The normalized spacial score (nSPS) is 12.2. The van der Waals surface area contributed by atoms with Gasteiger partial charge in [0.05, 0.1) is 15.4 Å². The molecule has 0 aromatic carbocycles. The van der Waals surface area contributed by atoms with E-state index >= 15 is 0 Å². The van der Waals surface area contributed by atoms with Gasteiger partial charge in [-0.25, -0.2) is 8.42 Å². The van der Waals surface area contributed by atoms with Gasteiger partial charge >= 0.3 is 0 Å². The van der Waals surface area contributed by atoms with Crippen LogP contribution in [-0.4, -0.2) is 37.5 Å². The number of hydrogen-bond acceptors (Lipinski definition) is 4. The summed E-state index contributed by atoms with van der Waals surface area (Å²) in [6, 6.07) is 1.45. The van der Waals surface area contributed by atoms with Crippen LogP contribution in [0.1, 0.15) is 32.6 Å². The Balaban J connectivity index is 2.82. The van der Waals surface area contributed by atoms with Crippen molar-refractivity contribution in [3.63, 3.8) is 0 Å². The van der Waals surface area contributed by atoms with Crippen molar-refractivity contribution in [2.75, 3.05) is 19.7 Å². The zero-order valence-electron chi connectivity index (χ0n) is 11.3. The molecule has 0 atom stereocenters. The molecule has 8 heteroatoms. The van der Waals surface area contributed by atoms with Crippen LogP contribution in [0.15, 0.2) is 14.1 Å². The summed E-state index contributed by atoms with van der Waals surface area (Å²) in [6.07, 6.45) is 3.97. The average Bonchev–Trinajstić information content (AvgIpc) is 2.74. The summed E-state index contributed by atoms with van der Waals surface area (Å²) in [7, 11) is -3.57. The minimum Gasteiger partial charge on any atom is -0.395 e. The van der Waals surface area contributed by atoms with E-state index in [2.05, 4.69) is 22.9 Å². The van der Waals surface area contributed by atoms with E-state index in [9.17, 15) is 8.42 Å². The lowest BCUT2D eigenvalue weighted by Crippen LogP contribution is -2.34. The number of halogens is 2. The Morgan fingerprint density at radius 2 is 2.05 bits per heavy atom. The van der Waals surface area contributed by atoms with Gasteiger partial charge in [0.1, 0.15) is 4.21 Å². The Hall–Kier alpha value is 0.340. The second-order valence-electron chi connectivity index (χ2n) is 4.38. The minimum absolute atomic E-state index is 0.113. The largest absolute Gasteiger partial charge is 0.395 e. The Kier molecular flexibility index (Phi) is 8.00. The highest BCUT2D eigenvalue weighted by molar-refractivity contribution is 9.11. The fourth-order valence-electron chi connectivity index (χ4n) is 1.76. The Bertz CT molecular complexity index is 499. The van der Waals surface area contributed by atoms with Gasteiger partial charge in [-0.05, 0) is 28.4 Å². The highest BCUT2D eigenvalue weighted by Gasteiger charge is 2.26. The number of sulfonamides is 1. The molecule has 0 saturated carbocycles. The molecule has 0 aliphatic rings. The molecule has 0 unspecified atom stereocenters. The Morgan fingerprint density at radius 3 is 2.55 bits per heavy atom. The van der Waals surface area contributed by atoms with Crippen LogP contribution in [0.3, 0.4) is 0 Å². The van der Waals surface area contributed by atoms with E-state index in [4.69, 9.17) is 16.7 Å². The van der Waals surface area contributed by atoms with Crippen LogP contribution in [0.2, 0.25) is 5.02 Å². The van der Waals surface area contributed by atoms with Crippen molar-refractivity contribution in [3.05, 3.63) is 14.9 Å². The Labute approximate surface area is 137 Å². The van der Waals surface area contributed by atoms with Gasteiger partial charge in [0, 0.05) is 13.1 Å². The molecule has 0 fully saturated rings. The fraction of sp³-hybridized carbons (Fsp3) is 0.667. The van der Waals surface area contributed by atoms with Crippen LogP contribution in [0, 0.1) is 0 Å². The van der Waals surface area contributed by atoms with E-state index < -0.39 is 10.0 Å². The monoisotopic (exact) mass is 403 g/mol.